The first-order chi connectivity index (χ1) is 16.6. The van der Waals surface area contributed by atoms with E-state index in [1.54, 1.807) is 5.57 Å². The van der Waals surface area contributed by atoms with E-state index in [1.165, 1.54) is 70.2 Å². The van der Waals surface area contributed by atoms with Crippen LogP contribution < -0.4 is 0 Å². The predicted molar refractivity (Wildman–Crippen MR) is 148 cm³/mol. The Morgan fingerprint density at radius 1 is 0.853 bits per heavy atom. The van der Waals surface area contributed by atoms with E-state index < -0.39 is 0 Å². The zero-order valence-electron chi connectivity index (χ0n) is 20.7. The predicted octanol–water partition coefficient (Wildman–Crippen LogP) is 9.25. The molecule has 0 aromatic heterocycles. The van der Waals surface area contributed by atoms with Crippen molar-refractivity contribution in [2.75, 3.05) is 0 Å². The Hall–Kier alpha value is -3.12. The standard InChI is InChI=1S/C34H36/c1-4-5-6-10-25-15-18-34-32(19-25)23-31(22-30-11-7-8-14-33(30)34)29-17-16-28(21-29)27-13-9-12-26(20-27)24(2)3/h7-9,11-20,31H,2,4-6,10,21-23H2,1,3H3. The second-order valence-corrected chi connectivity index (χ2v) is 10.2. The van der Waals surface area contributed by atoms with Crippen molar-refractivity contribution >= 4 is 11.1 Å². The van der Waals surface area contributed by atoms with E-state index in [1.807, 2.05) is 0 Å². The Balaban J connectivity index is 1.41. The van der Waals surface area contributed by atoms with Crippen LogP contribution in [0.2, 0.25) is 0 Å². The Morgan fingerprint density at radius 2 is 1.68 bits per heavy atom. The van der Waals surface area contributed by atoms with Gasteiger partial charge in [0.25, 0.3) is 0 Å². The summed E-state index contributed by atoms with van der Waals surface area (Å²) in [5.74, 6) is 0.548. The van der Waals surface area contributed by atoms with Crippen molar-refractivity contribution in [1.82, 2.24) is 0 Å². The van der Waals surface area contributed by atoms with Crippen LogP contribution in [0, 0.1) is 5.92 Å². The van der Waals surface area contributed by atoms with Gasteiger partial charge in [-0.3, -0.25) is 0 Å². The zero-order valence-corrected chi connectivity index (χ0v) is 20.7. The molecule has 2 aliphatic carbocycles. The van der Waals surface area contributed by atoms with Crippen LogP contribution in [0.15, 0.2) is 91.0 Å². The quantitative estimate of drug-likeness (QED) is 0.319. The molecule has 0 heteroatoms. The maximum Gasteiger partial charge on any atom is -0.00550 e. The first kappa shape index (κ1) is 22.7. The minimum atomic E-state index is 0.548. The molecule has 0 aliphatic heterocycles. The topological polar surface area (TPSA) is 0 Å². The molecule has 2 aliphatic rings. The third-order valence-electron chi connectivity index (χ3n) is 7.62. The summed E-state index contributed by atoms with van der Waals surface area (Å²) in [4.78, 5) is 0. The smallest absolute Gasteiger partial charge is 0.00550 e. The van der Waals surface area contributed by atoms with Gasteiger partial charge in [0.15, 0.2) is 0 Å². The van der Waals surface area contributed by atoms with Gasteiger partial charge in [0, 0.05) is 0 Å². The van der Waals surface area contributed by atoms with Crippen LogP contribution in [0.1, 0.15) is 67.3 Å². The number of benzene rings is 3. The highest BCUT2D eigenvalue weighted by molar-refractivity contribution is 5.76. The Kier molecular flexibility index (Phi) is 6.68. The van der Waals surface area contributed by atoms with Crippen LogP contribution in [0.5, 0.6) is 0 Å². The van der Waals surface area contributed by atoms with Crippen molar-refractivity contribution in [2.45, 2.75) is 58.8 Å². The number of fused-ring (bicyclic) bond motifs is 3. The summed E-state index contributed by atoms with van der Waals surface area (Å²) in [6.45, 7) is 8.50. The highest BCUT2D eigenvalue weighted by atomic mass is 14.3. The van der Waals surface area contributed by atoms with Crippen molar-refractivity contribution in [3.8, 4) is 11.1 Å². The summed E-state index contributed by atoms with van der Waals surface area (Å²) in [5, 5.41) is 0. The molecule has 5 rings (SSSR count). The van der Waals surface area contributed by atoms with Crippen molar-refractivity contribution in [3.63, 3.8) is 0 Å². The largest absolute Gasteiger partial charge is 0.0955 e. The molecule has 0 saturated carbocycles. The van der Waals surface area contributed by atoms with Gasteiger partial charge in [-0.1, -0.05) is 110 Å². The highest BCUT2D eigenvalue weighted by Crippen LogP contribution is 2.41. The average molecular weight is 445 g/mol. The lowest BCUT2D eigenvalue weighted by Gasteiger charge is -2.19. The second kappa shape index (κ2) is 10.0. The van der Waals surface area contributed by atoms with Crippen LogP contribution in [0.3, 0.4) is 0 Å². The molecule has 0 amide bonds. The molecule has 3 aromatic rings. The van der Waals surface area contributed by atoms with Gasteiger partial charge in [-0.2, -0.15) is 0 Å². The molecule has 1 unspecified atom stereocenters. The lowest BCUT2D eigenvalue weighted by atomic mass is 9.85. The number of unbranched alkanes of at least 4 members (excludes halogenated alkanes) is 2. The van der Waals surface area contributed by atoms with Gasteiger partial charge in [-0.15, -0.1) is 0 Å². The molecule has 0 radical (unpaired) electrons. The molecular weight excluding hydrogens is 408 g/mol. The Morgan fingerprint density at radius 3 is 2.53 bits per heavy atom. The number of hydrogen-bond donors (Lipinski definition) is 0. The van der Waals surface area contributed by atoms with Gasteiger partial charge in [-0.25, -0.2) is 0 Å². The number of hydrogen-bond acceptors (Lipinski definition) is 0. The van der Waals surface area contributed by atoms with E-state index >= 15 is 0 Å². The zero-order chi connectivity index (χ0) is 23.5. The van der Waals surface area contributed by atoms with E-state index in [0.29, 0.717) is 5.92 Å². The van der Waals surface area contributed by atoms with E-state index in [9.17, 15) is 0 Å². The summed E-state index contributed by atoms with van der Waals surface area (Å²) in [5.41, 5.74) is 14.1. The van der Waals surface area contributed by atoms with Crippen LogP contribution >= 0.6 is 0 Å². The lowest BCUT2D eigenvalue weighted by Crippen LogP contribution is -2.10. The number of aryl methyl sites for hydroxylation is 1. The molecule has 172 valence electrons. The van der Waals surface area contributed by atoms with Crippen molar-refractivity contribution in [3.05, 3.63) is 119 Å². The van der Waals surface area contributed by atoms with Gasteiger partial charge in [0.05, 0.1) is 0 Å². The van der Waals surface area contributed by atoms with Gasteiger partial charge < -0.3 is 0 Å². The SMILES string of the molecule is C=C(C)c1cccc(C2=CC=C(C3Cc4ccccc4-c4ccc(CCCCC)cc4C3)C2)c1. The van der Waals surface area contributed by atoms with Crippen LogP contribution in [0.25, 0.3) is 22.3 Å². The minimum Gasteiger partial charge on any atom is -0.0955 e. The third kappa shape index (κ3) is 4.73. The summed E-state index contributed by atoms with van der Waals surface area (Å²) in [6.07, 6.45) is 13.1. The summed E-state index contributed by atoms with van der Waals surface area (Å²) in [6, 6.07) is 25.2. The average Bonchev–Trinajstić information content (AvgIpc) is 3.29. The van der Waals surface area contributed by atoms with Gasteiger partial charge in [-0.05, 0) is 95.5 Å². The van der Waals surface area contributed by atoms with Crippen LogP contribution in [-0.2, 0) is 19.3 Å². The third-order valence-corrected chi connectivity index (χ3v) is 7.62. The van der Waals surface area contributed by atoms with Crippen molar-refractivity contribution in [1.29, 1.82) is 0 Å². The van der Waals surface area contributed by atoms with E-state index in [0.717, 1.165) is 24.8 Å². The van der Waals surface area contributed by atoms with Crippen LogP contribution in [0.4, 0.5) is 0 Å². The molecular formula is C34H36. The first-order valence-electron chi connectivity index (χ1n) is 13.0. The summed E-state index contributed by atoms with van der Waals surface area (Å²) < 4.78 is 0. The molecule has 0 nitrogen and oxygen atoms in total. The normalized spacial score (nSPS) is 16.8. The molecule has 0 spiro atoms. The lowest BCUT2D eigenvalue weighted by molar-refractivity contribution is 0.605. The summed E-state index contributed by atoms with van der Waals surface area (Å²) in [7, 11) is 0. The second-order valence-electron chi connectivity index (χ2n) is 10.2. The number of rotatable bonds is 7. The monoisotopic (exact) mass is 444 g/mol. The fourth-order valence-electron chi connectivity index (χ4n) is 5.65. The molecule has 0 bridgehead atoms. The Bertz CT molecular complexity index is 1270. The van der Waals surface area contributed by atoms with E-state index in [-0.39, 0.29) is 0 Å². The highest BCUT2D eigenvalue weighted by Gasteiger charge is 2.26. The molecule has 0 saturated heterocycles. The molecule has 34 heavy (non-hydrogen) atoms. The fraction of sp³-hybridized carbons (Fsp3) is 0.294. The molecule has 3 aromatic carbocycles. The van der Waals surface area contributed by atoms with E-state index in [2.05, 4.69) is 99.3 Å². The molecule has 0 N–H and O–H groups in total. The van der Waals surface area contributed by atoms with Gasteiger partial charge in [0.1, 0.15) is 0 Å². The molecule has 0 fully saturated rings. The van der Waals surface area contributed by atoms with Gasteiger partial charge in [0.2, 0.25) is 0 Å². The maximum absolute atomic E-state index is 4.13. The first-order valence-corrected chi connectivity index (χ1v) is 13.0. The van der Waals surface area contributed by atoms with Crippen LogP contribution in [-0.4, -0.2) is 0 Å². The van der Waals surface area contributed by atoms with E-state index in [4.69, 9.17) is 0 Å². The fourth-order valence-corrected chi connectivity index (χ4v) is 5.65. The summed E-state index contributed by atoms with van der Waals surface area (Å²) >= 11 is 0. The number of allylic oxidation sites excluding steroid dienone is 5. The molecule has 1 atom stereocenters. The molecule has 0 heterocycles. The maximum atomic E-state index is 4.13. The van der Waals surface area contributed by atoms with Crippen molar-refractivity contribution in [2.24, 2.45) is 5.92 Å². The van der Waals surface area contributed by atoms with Crippen molar-refractivity contribution < 1.29 is 0 Å². The van der Waals surface area contributed by atoms with Gasteiger partial charge >= 0.3 is 0 Å². The Labute approximate surface area is 205 Å². The minimum absolute atomic E-state index is 0.548.